The second-order valence-electron chi connectivity index (χ2n) is 14.0. The molecule has 1 aromatic carbocycles. The molecule has 2 amide bonds. The SMILES string of the molecule is CCN(C(=O)c1cc(F)ccc1Oc1nncnc1N1CC2(CCN(C[C@H]3CC[C@]4(CC3)C[C@@H](C)C(=O)N4)CC2)C1)C(C)C. The van der Waals surface area contributed by atoms with Gasteiger partial charge in [0.25, 0.3) is 11.8 Å². The smallest absolute Gasteiger partial charge is 0.282 e. The molecule has 4 fully saturated rings. The van der Waals surface area contributed by atoms with Gasteiger partial charge in [-0.15, -0.1) is 10.2 Å². The monoisotopic (exact) mass is 607 g/mol. The van der Waals surface area contributed by atoms with Crippen LogP contribution >= 0.6 is 0 Å². The highest BCUT2D eigenvalue weighted by atomic mass is 19.1. The molecule has 2 spiro atoms. The fraction of sp³-hybridized carbons (Fsp3) is 0.667. The molecule has 6 rings (SSSR count). The van der Waals surface area contributed by atoms with Crippen LogP contribution in [-0.4, -0.2) is 87.6 Å². The molecular weight excluding hydrogens is 561 g/mol. The number of nitrogens with one attached hydrogen (secondary N) is 1. The number of nitrogens with zero attached hydrogens (tertiary/aromatic N) is 6. The van der Waals surface area contributed by atoms with Crippen molar-refractivity contribution in [1.82, 2.24) is 30.3 Å². The van der Waals surface area contributed by atoms with Gasteiger partial charge in [0.15, 0.2) is 5.82 Å². The minimum absolute atomic E-state index is 0.0408. The van der Waals surface area contributed by atoms with E-state index in [1.165, 1.54) is 37.4 Å². The predicted molar refractivity (Wildman–Crippen MR) is 165 cm³/mol. The average Bonchev–Trinajstić information content (AvgIpc) is 3.27. The summed E-state index contributed by atoms with van der Waals surface area (Å²) in [6, 6.07) is 3.93. The molecule has 1 aliphatic carbocycles. The molecule has 44 heavy (non-hydrogen) atoms. The Morgan fingerprint density at radius 3 is 2.55 bits per heavy atom. The molecule has 1 aromatic heterocycles. The van der Waals surface area contributed by atoms with Crippen molar-refractivity contribution in [2.45, 2.75) is 84.2 Å². The Hall–Kier alpha value is -3.34. The van der Waals surface area contributed by atoms with Gasteiger partial charge in [-0.3, -0.25) is 9.59 Å². The summed E-state index contributed by atoms with van der Waals surface area (Å²) >= 11 is 0. The first kappa shape index (κ1) is 30.7. The molecule has 3 saturated heterocycles. The number of carbonyl (C=O) groups excluding carboxylic acids is 2. The van der Waals surface area contributed by atoms with Crippen LogP contribution in [0.5, 0.6) is 11.6 Å². The number of benzene rings is 1. The lowest BCUT2D eigenvalue weighted by molar-refractivity contribution is -0.122. The lowest BCUT2D eigenvalue weighted by Crippen LogP contribution is -2.61. The third-order valence-corrected chi connectivity index (χ3v) is 10.6. The molecule has 2 aromatic rings. The van der Waals surface area contributed by atoms with Gasteiger partial charge >= 0.3 is 0 Å². The van der Waals surface area contributed by atoms with E-state index in [1.54, 1.807) is 4.90 Å². The number of carbonyl (C=O) groups is 2. The van der Waals surface area contributed by atoms with Crippen LogP contribution in [0.1, 0.15) is 83.0 Å². The highest BCUT2D eigenvalue weighted by molar-refractivity contribution is 5.97. The number of aromatic nitrogens is 3. The maximum atomic E-state index is 14.2. The topological polar surface area (TPSA) is 104 Å². The Morgan fingerprint density at radius 2 is 1.91 bits per heavy atom. The molecule has 3 aliphatic heterocycles. The van der Waals surface area contributed by atoms with E-state index in [0.29, 0.717) is 18.3 Å². The van der Waals surface area contributed by atoms with Gasteiger partial charge in [0.05, 0.1) is 5.56 Å². The molecule has 1 saturated carbocycles. The Kier molecular flexibility index (Phi) is 8.52. The first-order chi connectivity index (χ1) is 21.1. The van der Waals surface area contributed by atoms with Crippen molar-refractivity contribution in [2.75, 3.05) is 44.2 Å². The number of rotatable bonds is 8. The van der Waals surface area contributed by atoms with E-state index < -0.39 is 5.82 Å². The number of likely N-dealkylation sites (tertiary alicyclic amines) is 1. The van der Waals surface area contributed by atoms with Crippen LogP contribution in [-0.2, 0) is 4.79 Å². The summed E-state index contributed by atoms with van der Waals surface area (Å²) in [5.41, 5.74) is 0.459. The van der Waals surface area contributed by atoms with Gasteiger partial charge in [-0.05, 0) is 103 Å². The summed E-state index contributed by atoms with van der Waals surface area (Å²) in [6.07, 6.45) is 9.30. The van der Waals surface area contributed by atoms with Gasteiger partial charge in [-0.1, -0.05) is 6.92 Å². The minimum atomic E-state index is -0.502. The summed E-state index contributed by atoms with van der Waals surface area (Å²) in [5, 5.41) is 11.5. The Morgan fingerprint density at radius 1 is 1.18 bits per heavy atom. The van der Waals surface area contributed by atoms with Crippen molar-refractivity contribution in [1.29, 1.82) is 0 Å². The van der Waals surface area contributed by atoms with Gasteiger partial charge in [-0.25, -0.2) is 9.37 Å². The quantitative estimate of drug-likeness (QED) is 0.462. The summed E-state index contributed by atoms with van der Waals surface area (Å²) in [4.78, 5) is 36.4. The van der Waals surface area contributed by atoms with Gasteiger partial charge in [0.2, 0.25) is 5.91 Å². The fourth-order valence-corrected chi connectivity index (χ4v) is 7.96. The summed E-state index contributed by atoms with van der Waals surface area (Å²) in [5.74, 6) is 1.35. The van der Waals surface area contributed by atoms with E-state index in [2.05, 4.69) is 37.2 Å². The summed E-state index contributed by atoms with van der Waals surface area (Å²) in [7, 11) is 0. The lowest BCUT2D eigenvalue weighted by Gasteiger charge is -2.54. The molecule has 11 heteroatoms. The van der Waals surface area contributed by atoms with E-state index in [1.807, 2.05) is 20.8 Å². The van der Waals surface area contributed by atoms with Crippen molar-refractivity contribution >= 4 is 17.6 Å². The zero-order chi connectivity index (χ0) is 31.1. The molecule has 0 radical (unpaired) electrons. The number of hydrogen-bond donors (Lipinski definition) is 1. The molecule has 238 valence electrons. The Labute approximate surface area is 259 Å². The highest BCUT2D eigenvalue weighted by Crippen LogP contribution is 2.45. The first-order valence-electron chi connectivity index (χ1n) is 16.3. The molecule has 0 unspecified atom stereocenters. The number of piperidine rings is 1. The molecule has 1 N–H and O–H groups in total. The van der Waals surface area contributed by atoms with Crippen LogP contribution in [0.25, 0.3) is 0 Å². The maximum Gasteiger partial charge on any atom is 0.282 e. The number of anilines is 1. The average molecular weight is 608 g/mol. The molecule has 4 heterocycles. The standard InChI is InChI=1S/C33H46FN7O3/c1-5-41(22(2)3)31(43)26-16-25(34)6-7-27(26)44-30-28(35-21-36-38-30)40-19-32(20-40)12-14-39(15-13-32)18-24-8-10-33(11-9-24)17-23(4)29(42)37-33/h6-7,16,21-24H,5,8-15,17-20H2,1-4H3,(H,37,42)/t23-,24-,33-/m1/s1. The van der Waals surface area contributed by atoms with Crippen molar-refractivity contribution in [2.24, 2.45) is 17.3 Å². The van der Waals surface area contributed by atoms with Gasteiger partial charge in [-0.2, -0.15) is 0 Å². The van der Waals surface area contributed by atoms with Crippen LogP contribution in [0.4, 0.5) is 10.2 Å². The zero-order valence-corrected chi connectivity index (χ0v) is 26.5. The van der Waals surface area contributed by atoms with Crippen LogP contribution < -0.4 is 15.0 Å². The Bertz CT molecular complexity index is 1360. The third kappa shape index (κ3) is 6.12. The largest absolute Gasteiger partial charge is 0.434 e. The summed E-state index contributed by atoms with van der Waals surface area (Å²) < 4.78 is 20.4. The molecule has 1 atom stereocenters. The van der Waals surface area contributed by atoms with Crippen LogP contribution in [0.3, 0.4) is 0 Å². The molecule has 0 bridgehead atoms. The second kappa shape index (κ2) is 12.2. The van der Waals surface area contributed by atoms with Crippen LogP contribution in [0, 0.1) is 23.1 Å². The third-order valence-electron chi connectivity index (χ3n) is 10.6. The van der Waals surface area contributed by atoms with E-state index in [0.717, 1.165) is 64.8 Å². The molecular formula is C33H46FN7O3. The van der Waals surface area contributed by atoms with Crippen molar-refractivity contribution in [3.63, 3.8) is 0 Å². The van der Waals surface area contributed by atoms with Crippen LogP contribution in [0.2, 0.25) is 0 Å². The van der Waals surface area contributed by atoms with Crippen molar-refractivity contribution in [3.05, 3.63) is 35.9 Å². The normalized spacial score (nSPS) is 26.6. The first-order valence-corrected chi connectivity index (χ1v) is 16.3. The number of ether oxygens (including phenoxy) is 1. The van der Waals surface area contributed by atoms with Crippen LogP contribution in [0.15, 0.2) is 24.5 Å². The fourth-order valence-electron chi connectivity index (χ4n) is 7.96. The lowest BCUT2D eigenvalue weighted by atomic mass is 9.71. The molecule has 4 aliphatic rings. The second-order valence-corrected chi connectivity index (χ2v) is 14.0. The van der Waals surface area contributed by atoms with Gasteiger partial charge < -0.3 is 24.8 Å². The highest BCUT2D eigenvalue weighted by Gasteiger charge is 2.47. The van der Waals surface area contributed by atoms with E-state index >= 15 is 0 Å². The summed E-state index contributed by atoms with van der Waals surface area (Å²) in [6.45, 7) is 13.4. The van der Waals surface area contributed by atoms with Crippen molar-refractivity contribution in [3.8, 4) is 11.6 Å². The van der Waals surface area contributed by atoms with Crippen molar-refractivity contribution < 1.29 is 18.7 Å². The van der Waals surface area contributed by atoms with Gasteiger partial charge in [0.1, 0.15) is 17.9 Å². The Balaban J connectivity index is 1.04. The van der Waals surface area contributed by atoms with E-state index in [-0.39, 0.29) is 51.9 Å². The van der Waals surface area contributed by atoms with Gasteiger partial charge in [0, 0.05) is 49.1 Å². The maximum absolute atomic E-state index is 14.2. The molecule has 10 nitrogen and oxygen atoms in total. The van der Waals surface area contributed by atoms with E-state index in [4.69, 9.17) is 4.74 Å². The predicted octanol–water partition coefficient (Wildman–Crippen LogP) is 4.66. The zero-order valence-electron chi connectivity index (χ0n) is 26.5. The number of amides is 2. The minimum Gasteiger partial charge on any atom is -0.434 e. The van der Waals surface area contributed by atoms with E-state index in [9.17, 15) is 14.0 Å². The number of hydrogen-bond acceptors (Lipinski definition) is 8. The number of halogens is 1.